The number of hydrogen-bond donors (Lipinski definition) is 0. The number of allylic oxidation sites excluding steroid dienone is 12. The third-order valence-corrected chi connectivity index (χ3v) is 5.00. The molecule has 3 atom stereocenters. The lowest BCUT2D eigenvalue weighted by molar-refractivity contribution is 0.371. The van der Waals surface area contributed by atoms with Crippen molar-refractivity contribution in [3.8, 4) is 0 Å². The van der Waals surface area contributed by atoms with Crippen molar-refractivity contribution in [1.29, 1.82) is 0 Å². The third kappa shape index (κ3) is 1.74. The molecule has 0 amide bonds. The summed E-state index contributed by atoms with van der Waals surface area (Å²) in [5.41, 5.74) is 4.82. The molecule has 4 rings (SSSR count). The molecule has 0 heterocycles. The summed E-state index contributed by atoms with van der Waals surface area (Å²) in [6.45, 7) is 0. The fourth-order valence-electron chi connectivity index (χ4n) is 4.20. The predicted octanol–water partition coefficient (Wildman–Crippen LogP) is 4.90. The van der Waals surface area contributed by atoms with Gasteiger partial charge in [-0.25, -0.2) is 0 Å². The summed E-state index contributed by atoms with van der Waals surface area (Å²) in [6, 6.07) is 0. The summed E-state index contributed by atoms with van der Waals surface area (Å²) in [7, 11) is 0. The van der Waals surface area contributed by atoms with Gasteiger partial charge in [0.05, 0.1) is 0 Å². The molecule has 3 unspecified atom stereocenters. The van der Waals surface area contributed by atoms with Crippen LogP contribution in [0, 0.1) is 17.8 Å². The Bertz CT molecular complexity index is 563. The SMILES string of the molecule is C1=CC=C2CCC=CC3C2=C(C=C1)C1C=CCCC13. The molecule has 96 valence electrons. The summed E-state index contributed by atoms with van der Waals surface area (Å²) < 4.78 is 0. The van der Waals surface area contributed by atoms with Crippen LogP contribution in [-0.2, 0) is 0 Å². The Kier molecular flexibility index (Phi) is 2.69. The van der Waals surface area contributed by atoms with Gasteiger partial charge < -0.3 is 0 Å². The smallest absolute Gasteiger partial charge is 0.00608 e. The molecule has 0 fully saturated rings. The lowest BCUT2D eigenvalue weighted by Gasteiger charge is -2.26. The van der Waals surface area contributed by atoms with Gasteiger partial charge in [-0.3, -0.25) is 0 Å². The normalized spacial score (nSPS) is 35.4. The zero-order valence-corrected chi connectivity index (χ0v) is 11.3. The first-order valence-corrected chi connectivity index (χ1v) is 7.57. The summed E-state index contributed by atoms with van der Waals surface area (Å²) in [5, 5.41) is 0. The van der Waals surface area contributed by atoms with Gasteiger partial charge in [-0.1, -0.05) is 54.7 Å². The van der Waals surface area contributed by atoms with Gasteiger partial charge in [0.25, 0.3) is 0 Å². The van der Waals surface area contributed by atoms with E-state index in [0.717, 1.165) is 5.92 Å². The molecular weight excluding hydrogens is 228 g/mol. The molecule has 0 saturated heterocycles. The van der Waals surface area contributed by atoms with Crippen LogP contribution in [-0.4, -0.2) is 0 Å². The molecule has 0 bridgehead atoms. The molecule has 0 heteroatoms. The Morgan fingerprint density at radius 2 is 1.79 bits per heavy atom. The van der Waals surface area contributed by atoms with E-state index >= 15 is 0 Å². The minimum absolute atomic E-state index is 0.655. The van der Waals surface area contributed by atoms with Crippen LogP contribution in [0.1, 0.15) is 25.7 Å². The lowest BCUT2D eigenvalue weighted by atomic mass is 9.78. The second-order valence-electron chi connectivity index (χ2n) is 5.99. The van der Waals surface area contributed by atoms with Crippen LogP contribution in [0.25, 0.3) is 0 Å². The highest BCUT2D eigenvalue weighted by molar-refractivity contribution is 5.54. The molecule has 0 nitrogen and oxygen atoms in total. The molecule has 0 aromatic heterocycles. The van der Waals surface area contributed by atoms with Gasteiger partial charge in [0, 0.05) is 11.8 Å². The summed E-state index contributed by atoms with van der Waals surface area (Å²) >= 11 is 0. The van der Waals surface area contributed by atoms with Crippen LogP contribution in [0.3, 0.4) is 0 Å². The first-order valence-electron chi connectivity index (χ1n) is 7.57. The molecule has 19 heavy (non-hydrogen) atoms. The van der Waals surface area contributed by atoms with E-state index in [0.29, 0.717) is 11.8 Å². The first-order chi connectivity index (χ1) is 9.45. The largest absolute Gasteiger partial charge is 0.0879 e. The van der Waals surface area contributed by atoms with Crippen LogP contribution in [0.4, 0.5) is 0 Å². The van der Waals surface area contributed by atoms with E-state index in [1.807, 2.05) is 0 Å². The minimum Gasteiger partial charge on any atom is -0.0879 e. The Morgan fingerprint density at radius 1 is 0.895 bits per heavy atom. The van der Waals surface area contributed by atoms with Crippen molar-refractivity contribution in [2.24, 2.45) is 17.8 Å². The average molecular weight is 248 g/mol. The Labute approximate surface area is 115 Å². The summed E-state index contributed by atoms with van der Waals surface area (Å²) in [5.74, 6) is 2.12. The second kappa shape index (κ2) is 4.52. The zero-order chi connectivity index (χ0) is 12.7. The van der Waals surface area contributed by atoms with E-state index in [4.69, 9.17) is 0 Å². The molecule has 0 spiro atoms. The molecule has 0 aromatic carbocycles. The number of rotatable bonds is 0. The van der Waals surface area contributed by atoms with Crippen LogP contribution in [0.2, 0.25) is 0 Å². The average Bonchev–Trinajstić information content (AvgIpc) is 2.58. The molecule has 0 N–H and O–H groups in total. The van der Waals surface area contributed by atoms with Crippen molar-refractivity contribution < 1.29 is 0 Å². The maximum atomic E-state index is 2.50. The molecule has 0 radical (unpaired) electrons. The third-order valence-electron chi connectivity index (χ3n) is 5.00. The fraction of sp³-hybridized carbons (Fsp3) is 0.368. The van der Waals surface area contributed by atoms with Crippen LogP contribution in [0.5, 0.6) is 0 Å². The van der Waals surface area contributed by atoms with Crippen LogP contribution < -0.4 is 0 Å². The summed E-state index contributed by atoms with van der Waals surface area (Å²) in [4.78, 5) is 0. The van der Waals surface area contributed by atoms with E-state index < -0.39 is 0 Å². The van der Waals surface area contributed by atoms with E-state index in [2.05, 4.69) is 54.7 Å². The maximum Gasteiger partial charge on any atom is 0.00608 e. The summed E-state index contributed by atoms with van der Waals surface area (Å²) in [6.07, 6.45) is 26.1. The van der Waals surface area contributed by atoms with Gasteiger partial charge in [0.1, 0.15) is 0 Å². The van der Waals surface area contributed by atoms with Crippen molar-refractivity contribution in [3.63, 3.8) is 0 Å². The standard InChI is InChI=1S/C19H20/c1-2-8-14-9-4-5-13-18-16-11-7-6-10-15(16)17(12-3-1)19(14)18/h1-3,5-6,8,10,12-13,15-16,18H,4,7,9,11H2. The van der Waals surface area contributed by atoms with Crippen LogP contribution >= 0.6 is 0 Å². The van der Waals surface area contributed by atoms with Crippen LogP contribution in [0.15, 0.2) is 71.4 Å². The molecule has 0 saturated carbocycles. The zero-order valence-electron chi connectivity index (χ0n) is 11.3. The quantitative estimate of drug-likeness (QED) is 0.535. The molecule has 4 aliphatic rings. The van der Waals surface area contributed by atoms with Gasteiger partial charge >= 0.3 is 0 Å². The van der Waals surface area contributed by atoms with Crippen molar-refractivity contribution in [1.82, 2.24) is 0 Å². The van der Waals surface area contributed by atoms with Crippen molar-refractivity contribution in [3.05, 3.63) is 71.4 Å². The van der Waals surface area contributed by atoms with Gasteiger partial charge in [-0.15, -0.1) is 0 Å². The lowest BCUT2D eigenvalue weighted by Crippen LogP contribution is -2.17. The molecule has 0 aromatic rings. The van der Waals surface area contributed by atoms with Crippen molar-refractivity contribution in [2.75, 3.05) is 0 Å². The highest BCUT2D eigenvalue weighted by Crippen LogP contribution is 2.52. The Balaban J connectivity index is 1.91. The Hall–Kier alpha value is -1.56. The molecular formula is C19H20. The molecule has 0 aliphatic heterocycles. The molecule has 4 aliphatic carbocycles. The first kappa shape index (κ1) is 11.3. The number of hydrogen-bond acceptors (Lipinski definition) is 0. The Morgan fingerprint density at radius 3 is 2.79 bits per heavy atom. The minimum atomic E-state index is 0.655. The van der Waals surface area contributed by atoms with E-state index in [-0.39, 0.29) is 0 Å². The van der Waals surface area contributed by atoms with Gasteiger partial charge in [-0.2, -0.15) is 0 Å². The highest BCUT2D eigenvalue weighted by Gasteiger charge is 2.41. The van der Waals surface area contributed by atoms with E-state index in [1.165, 1.54) is 25.7 Å². The fourth-order valence-corrected chi connectivity index (χ4v) is 4.20. The predicted molar refractivity (Wildman–Crippen MR) is 80.6 cm³/mol. The van der Waals surface area contributed by atoms with Crippen molar-refractivity contribution in [2.45, 2.75) is 25.7 Å². The maximum absolute atomic E-state index is 2.50. The van der Waals surface area contributed by atoms with Crippen molar-refractivity contribution >= 4 is 0 Å². The highest BCUT2D eigenvalue weighted by atomic mass is 14.4. The van der Waals surface area contributed by atoms with Gasteiger partial charge in [-0.05, 0) is 48.3 Å². The van der Waals surface area contributed by atoms with E-state index in [9.17, 15) is 0 Å². The van der Waals surface area contributed by atoms with E-state index in [1.54, 1.807) is 16.7 Å². The van der Waals surface area contributed by atoms with Gasteiger partial charge in [0.15, 0.2) is 0 Å². The van der Waals surface area contributed by atoms with Gasteiger partial charge in [0.2, 0.25) is 0 Å². The second-order valence-corrected chi connectivity index (χ2v) is 5.99. The topological polar surface area (TPSA) is 0 Å². The monoisotopic (exact) mass is 248 g/mol. The number of fused-ring (bicyclic) bond motifs is 3.